The van der Waals surface area contributed by atoms with Crippen LogP contribution in [-0.2, 0) is 13.0 Å². The lowest BCUT2D eigenvalue weighted by atomic mass is 10.0. The fourth-order valence-electron chi connectivity index (χ4n) is 3.93. The Morgan fingerprint density at radius 2 is 1.97 bits per heavy atom. The molecule has 4 rings (SSSR count). The van der Waals surface area contributed by atoms with E-state index in [4.69, 9.17) is 5.73 Å². The second kappa shape index (κ2) is 8.93. The molecule has 0 bridgehead atoms. The minimum Gasteiger partial charge on any atom is -0.397 e. The maximum absolute atomic E-state index is 12.9. The number of hydrogen-bond acceptors (Lipinski definition) is 5. The second-order valence-electron chi connectivity index (χ2n) is 7.76. The molecule has 1 aromatic carbocycles. The summed E-state index contributed by atoms with van der Waals surface area (Å²) in [6.07, 6.45) is 3.91. The summed E-state index contributed by atoms with van der Waals surface area (Å²) in [5, 5.41) is 4.08. The van der Waals surface area contributed by atoms with Crippen LogP contribution in [0.3, 0.4) is 0 Å². The highest BCUT2D eigenvalue weighted by Gasteiger charge is 2.24. The summed E-state index contributed by atoms with van der Waals surface area (Å²) in [7, 11) is 0. The van der Waals surface area contributed by atoms with E-state index in [2.05, 4.69) is 46.4 Å². The number of benzene rings is 1. The first-order chi connectivity index (χ1) is 14.1. The van der Waals surface area contributed by atoms with Gasteiger partial charge in [0.05, 0.1) is 5.69 Å². The van der Waals surface area contributed by atoms with Gasteiger partial charge >= 0.3 is 0 Å². The first-order valence-electron chi connectivity index (χ1n) is 10.4. The molecule has 3 aromatic rings. The van der Waals surface area contributed by atoms with Crippen molar-refractivity contribution in [3.05, 3.63) is 58.6 Å². The molecular weight excluding hydrogens is 380 g/mol. The Morgan fingerprint density at radius 3 is 2.69 bits per heavy atom. The van der Waals surface area contributed by atoms with Crippen LogP contribution in [0.15, 0.2) is 42.5 Å². The van der Waals surface area contributed by atoms with Gasteiger partial charge in [-0.25, -0.2) is 4.98 Å². The maximum atomic E-state index is 12.9. The number of nitrogens with zero attached hydrogens (tertiary/aromatic N) is 2. The van der Waals surface area contributed by atoms with Crippen molar-refractivity contribution in [2.24, 2.45) is 0 Å². The summed E-state index contributed by atoms with van der Waals surface area (Å²) >= 11 is 1.40. The fourth-order valence-corrected chi connectivity index (χ4v) is 4.94. The van der Waals surface area contributed by atoms with Gasteiger partial charge in [-0.05, 0) is 37.0 Å². The molecule has 1 aliphatic heterocycles. The van der Waals surface area contributed by atoms with E-state index < -0.39 is 0 Å². The van der Waals surface area contributed by atoms with Gasteiger partial charge in [0, 0.05) is 36.8 Å². The summed E-state index contributed by atoms with van der Waals surface area (Å²) in [5.74, 6) is -0.0657. The number of nitrogens with two attached hydrogens (primary N) is 1. The molecule has 0 aliphatic carbocycles. The molecule has 1 fully saturated rings. The van der Waals surface area contributed by atoms with Crippen LogP contribution in [0.25, 0.3) is 10.2 Å². The van der Waals surface area contributed by atoms with Gasteiger partial charge in [0.15, 0.2) is 0 Å². The van der Waals surface area contributed by atoms with Gasteiger partial charge in [-0.1, -0.05) is 43.7 Å². The van der Waals surface area contributed by atoms with E-state index in [0.717, 1.165) is 61.2 Å². The summed E-state index contributed by atoms with van der Waals surface area (Å²) < 4.78 is 0. The van der Waals surface area contributed by atoms with Gasteiger partial charge in [-0.15, -0.1) is 11.3 Å². The average molecular weight is 409 g/mol. The van der Waals surface area contributed by atoms with Crippen LogP contribution in [0.4, 0.5) is 5.69 Å². The Hall–Kier alpha value is -2.44. The van der Waals surface area contributed by atoms with Crippen LogP contribution in [0.2, 0.25) is 0 Å². The van der Waals surface area contributed by atoms with Crippen LogP contribution in [0, 0.1) is 0 Å². The highest BCUT2D eigenvalue weighted by atomic mass is 32.1. The predicted molar refractivity (Wildman–Crippen MR) is 120 cm³/mol. The number of thiophene rings is 1. The van der Waals surface area contributed by atoms with Crippen molar-refractivity contribution in [2.45, 2.75) is 45.2 Å². The molecule has 3 heterocycles. The average Bonchev–Trinajstić information content (AvgIpc) is 3.07. The molecule has 5 nitrogen and oxygen atoms in total. The molecule has 0 radical (unpaired) electrons. The summed E-state index contributed by atoms with van der Waals surface area (Å²) in [5.41, 5.74) is 9.22. The van der Waals surface area contributed by atoms with Crippen LogP contribution in [-0.4, -0.2) is 34.9 Å². The molecule has 1 amide bonds. The normalized spacial score (nSPS) is 15.6. The number of nitrogen functional groups attached to an aromatic ring is 1. The zero-order chi connectivity index (χ0) is 20.2. The number of piperidine rings is 1. The molecule has 1 saturated heterocycles. The number of pyridine rings is 1. The zero-order valence-corrected chi connectivity index (χ0v) is 17.7. The number of rotatable bonds is 6. The molecule has 0 atom stereocenters. The number of nitrogens with one attached hydrogen (secondary N) is 1. The lowest BCUT2D eigenvalue weighted by Gasteiger charge is -2.32. The Kier molecular flexibility index (Phi) is 6.11. The minimum absolute atomic E-state index is 0.0657. The van der Waals surface area contributed by atoms with Gasteiger partial charge in [0.25, 0.3) is 5.91 Å². The number of aromatic nitrogens is 1. The number of amides is 1. The first-order valence-corrected chi connectivity index (χ1v) is 11.2. The summed E-state index contributed by atoms with van der Waals surface area (Å²) in [6.45, 7) is 5.09. The van der Waals surface area contributed by atoms with Crippen molar-refractivity contribution < 1.29 is 4.79 Å². The zero-order valence-electron chi connectivity index (χ0n) is 16.9. The first kappa shape index (κ1) is 19.9. The lowest BCUT2D eigenvalue weighted by molar-refractivity contribution is 0.0914. The van der Waals surface area contributed by atoms with E-state index in [0.29, 0.717) is 10.6 Å². The molecule has 152 valence electrons. The third-order valence-corrected chi connectivity index (χ3v) is 6.65. The van der Waals surface area contributed by atoms with E-state index in [9.17, 15) is 4.79 Å². The Bertz CT molecular complexity index is 977. The molecule has 1 aliphatic rings. The summed E-state index contributed by atoms with van der Waals surface area (Å²) in [4.78, 5) is 21.4. The van der Waals surface area contributed by atoms with Crippen LogP contribution >= 0.6 is 11.3 Å². The standard InChI is InChI=1S/C23H28N4OS/c1-2-6-17-9-10-19-20(24)21(29-23(19)26-17)22(28)25-18-11-13-27(14-12-18)15-16-7-4-3-5-8-16/h3-5,7-10,18H,2,6,11-15,24H2,1H3,(H,25,28). The van der Waals surface area contributed by atoms with E-state index in [1.165, 1.54) is 16.9 Å². The van der Waals surface area contributed by atoms with Crippen molar-refractivity contribution in [2.75, 3.05) is 18.8 Å². The highest BCUT2D eigenvalue weighted by molar-refractivity contribution is 7.21. The molecule has 3 N–H and O–H groups in total. The number of hydrogen-bond donors (Lipinski definition) is 2. The van der Waals surface area contributed by atoms with E-state index in [-0.39, 0.29) is 11.9 Å². The van der Waals surface area contributed by atoms with Gasteiger partial charge in [0.1, 0.15) is 9.71 Å². The topological polar surface area (TPSA) is 71.2 Å². The molecule has 6 heteroatoms. The molecule has 0 spiro atoms. The maximum Gasteiger partial charge on any atom is 0.263 e. The van der Waals surface area contributed by atoms with Gasteiger partial charge in [-0.3, -0.25) is 9.69 Å². The quantitative estimate of drug-likeness (QED) is 0.640. The number of fused-ring (bicyclic) bond motifs is 1. The Labute approximate surface area is 175 Å². The number of carbonyl (C=O) groups excluding carboxylic acids is 1. The minimum atomic E-state index is -0.0657. The van der Waals surface area contributed by atoms with Crippen molar-refractivity contribution in [1.82, 2.24) is 15.2 Å². The van der Waals surface area contributed by atoms with Gasteiger partial charge < -0.3 is 11.1 Å². The smallest absolute Gasteiger partial charge is 0.263 e. The third-order valence-electron chi connectivity index (χ3n) is 5.54. The largest absolute Gasteiger partial charge is 0.397 e. The summed E-state index contributed by atoms with van der Waals surface area (Å²) in [6, 6.07) is 14.7. The van der Waals surface area contributed by atoms with Crippen molar-refractivity contribution in [3.8, 4) is 0 Å². The van der Waals surface area contributed by atoms with E-state index in [1.54, 1.807) is 0 Å². The van der Waals surface area contributed by atoms with Crippen molar-refractivity contribution in [3.63, 3.8) is 0 Å². The Morgan fingerprint density at radius 1 is 1.21 bits per heavy atom. The SMILES string of the molecule is CCCc1ccc2c(N)c(C(=O)NC3CCN(Cc4ccccc4)CC3)sc2n1. The van der Waals surface area contributed by atoms with Crippen LogP contribution in [0.1, 0.15) is 47.1 Å². The molecule has 0 saturated carbocycles. The van der Waals surface area contributed by atoms with Crippen molar-refractivity contribution in [1.29, 1.82) is 0 Å². The third kappa shape index (κ3) is 4.60. The monoisotopic (exact) mass is 408 g/mol. The van der Waals surface area contributed by atoms with Crippen LogP contribution < -0.4 is 11.1 Å². The van der Waals surface area contributed by atoms with E-state index in [1.807, 2.05) is 18.2 Å². The van der Waals surface area contributed by atoms with E-state index >= 15 is 0 Å². The number of carbonyl (C=O) groups is 1. The lowest BCUT2D eigenvalue weighted by Crippen LogP contribution is -2.44. The number of anilines is 1. The molecule has 29 heavy (non-hydrogen) atoms. The van der Waals surface area contributed by atoms with Gasteiger partial charge in [-0.2, -0.15) is 0 Å². The molecule has 2 aromatic heterocycles. The van der Waals surface area contributed by atoms with Gasteiger partial charge in [0.2, 0.25) is 0 Å². The second-order valence-corrected chi connectivity index (χ2v) is 8.76. The Balaban J connectivity index is 1.37. The van der Waals surface area contributed by atoms with Crippen LogP contribution in [0.5, 0.6) is 0 Å². The predicted octanol–water partition coefficient (Wildman–Crippen LogP) is 4.23. The fraction of sp³-hybridized carbons (Fsp3) is 0.391. The highest BCUT2D eigenvalue weighted by Crippen LogP contribution is 2.33. The number of likely N-dealkylation sites (tertiary alicyclic amines) is 1. The number of aryl methyl sites for hydroxylation is 1. The molecular formula is C23H28N4OS. The van der Waals surface area contributed by atoms with Crippen molar-refractivity contribution >= 4 is 33.1 Å². The molecule has 0 unspecified atom stereocenters.